The van der Waals surface area contributed by atoms with E-state index < -0.39 is 11.9 Å². The number of rotatable bonds is 8. The Balaban J connectivity index is 1.77. The van der Waals surface area contributed by atoms with Crippen LogP contribution in [0.1, 0.15) is 42.6 Å². The van der Waals surface area contributed by atoms with Gasteiger partial charge in [0.15, 0.2) is 5.78 Å². The molecule has 2 N–H and O–H groups in total. The summed E-state index contributed by atoms with van der Waals surface area (Å²) in [5.74, 6) is -1.38. The summed E-state index contributed by atoms with van der Waals surface area (Å²) in [6.07, 6.45) is 0. The van der Waals surface area contributed by atoms with E-state index in [-0.39, 0.29) is 24.1 Å². The summed E-state index contributed by atoms with van der Waals surface area (Å²) >= 11 is 7.21. The average Bonchev–Trinajstić information content (AvgIpc) is 2.83. The first kappa shape index (κ1) is 26.1. The second kappa shape index (κ2) is 11.7. The van der Waals surface area contributed by atoms with E-state index in [2.05, 4.69) is 16.7 Å². The number of hydrogen-bond donors (Lipinski definition) is 2. The molecule has 0 radical (unpaired) electrons. The molecule has 0 unspecified atom stereocenters. The Morgan fingerprint density at radius 2 is 1.80 bits per heavy atom. The van der Waals surface area contributed by atoms with Crippen LogP contribution in [0.15, 0.2) is 70.4 Å². The number of halogens is 1. The zero-order valence-corrected chi connectivity index (χ0v) is 21.0. The molecule has 7 nitrogen and oxygen atoms in total. The van der Waals surface area contributed by atoms with Gasteiger partial charge in [0.2, 0.25) is 5.91 Å². The van der Waals surface area contributed by atoms with Gasteiger partial charge in [-0.2, -0.15) is 5.26 Å². The normalized spacial score (nSPS) is 15.2. The van der Waals surface area contributed by atoms with E-state index in [1.54, 1.807) is 62.4 Å². The third kappa shape index (κ3) is 6.32. The highest BCUT2D eigenvalue weighted by molar-refractivity contribution is 8.03. The molecule has 2 aromatic carbocycles. The van der Waals surface area contributed by atoms with E-state index >= 15 is 0 Å². The Labute approximate surface area is 213 Å². The number of nitrogens with zero attached hydrogens (tertiary/aromatic N) is 1. The Morgan fingerprint density at radius 1 is 1.14 bits per heavy atom. The fraction of sp³-hybridized carbons (Fsp3) is 0.231. The minimum atomic E-state index is -0.558. The van der Waals surface area contributed by atoms with Gasteiger partial charge in [-0.15, -0.1) is 0 Å². The lowest BCUT2D eigenvalue weighted by Crippen LogP contribution is -2.27. The Hall–Kier alpha value is -3.54. The maximum Gasteiger partial charge on any atom is 0.338 e. The molecule has 0 aliphatic carbocycles. The summed E-state index contributed by atoms with van der Waals surface area (Å²) < 4.78 is 4.95. The van der Waals surface area contributed by atoms with Crippen molar-refractivity contribution >= 4 is 46.7 Å². The molecule has 0 saturated heterocycles. The molecule has 1 atom stereocenters. The Bertz CT molecular complexity index is 1240. The van der Waals surface area contributed by atoms with Crippen molar-refractivity contribution < 1.29 is 19.1 Å². The molecule has 9 heteroatoms. The monoisotopic (exact) mass is 509 g/mol. The van der Waals surface area contributed by atoms with Crippen molar-refractivity contribution in [2.24, 2.45) is 0 Å². The third-order valence-corrected chi connectivity index (χ3v) is 6.53. The topological polar surface area (TPSA) is 108 Å². The zero-order chi connectivity index (χ0) is 25.5. The number of ether oxygens (including phenoxy) is 1. The summed E-state index contributed by atoms with van der Waals surface area (Å²) in [6, 6.07) is 15.6. The van der Waals surface area contributed by atoms with Gasteiger partial charge in [-0.1, -0.05) is 35.5 Å². The molecule has 180 valence electrons. The molecule has 0 saturated carbocycles. The molecule has 0 spiro atoms. The van der Waals surface area contributed by atoms with Crippen LogP contribution in [0.4, 0.5) is 5.69 Å². The number of anilines is 1. The van der Waals surface area contributed by atoms with Gasteiger partial charge in [-0.25, -0.2) is 4.79 Å². The highest BCUT2D eigenvalue weighted by Crippen LogP contribution is 2.41. The number of thioether (sulfide) groups is 1. The second-order valence-corrected chi connectivity index (χ2v) is 9.12. The van der Waals surface area contributed by atoms with E-state index in [0.717, 1.165) is 5.56 Å². The fourth-order valence-electron chi connectivity index (χ4n) is 3.72. The first-order chi connectivity index (χ1) is 16.7. The largest absolute Gasteiger partial charge is 0.462 e. The maximum absolute atomic E-state index is 12.6. The van der Waals surface area contributed by atoms with Crippen molar-refractivity contribution in [1.82, 2.24) is 5.32 Å². The number of Topliss-reactive ketones (excluding diaryl/α,β-unsaturated/α-hetero) is 1. The van der Waals surface area contributed by atoms with Crippen molar-refractivity contribution in [2.75, 3.05) is 17.7 Å². The zero-order valence-electron chi connectivity index (χ0n) is 19.5. The second-order valence-electron chi connectivity index (χ2n) is 7.69. The molecular weight excluding hydrogens is 486 g/mol. The number of nitriles is 1. The van der Waals surface area contributed by atoms with Crippen LogP contribution in [0.5, 0.6) is 0 Å². The first-order valence-electron chi connectivity index (χ1n) is 10.8. The van der Waals surface area contributed by atoms with Gasteiger partial charge in [0.1, 0.15) is 0 Å². The number of hydrogen-bond acceptors (Lipinski definition) is 7. The van der Waals surface area contributed by atoms with Crippen LogP contribution >= 0.6 is 23.4 Å². The number of esters is 1. The van der Waals surface area contributed by atoms with E-state index in [4.69, 9.17) is 16.3 Å². The Kier molecular flexibility index (Phi) is 8.74. The lowest BCUT2D eigenvalue weighted by atomic mass is 9.81. The standard InChI is InChI=1S/C26H24ClN3O4S/c1-4-34-26(33)18-7-11-20(12-8-18)30-22(32)14-35-25-21(13-28)24(17-5-9-19(27)10-6-17)23(16(3)31)15(2)29-25/h5-12,24,29H,4,14H2,1-3H3,(H,30,32)/t24-/m1/s1. The summed E-state index contributed by atoms with van der Waals surface area (Å²) in [4.78, 5) is 36.8. The number of ketones is 1. The molecule has 1 amide bonds. The molecule has 1 heterocycles. The Morgan fingerprint density at radius 3 is 2.37 bits per heavy atom. The minimum absolute atomic E-state index is 0.0309. The minimum Gasteiger partial charge on any atom is -0.462 e. The van der Waals surface area contributed by atoms with Crippen molar-refractivity contribution in [3.8, 4) is 6.07 Å². The van der Waals surface area contributed by atoms with Crippen molar-refractivity contribution in [3.63, 3.8) is 0 Å². The van der Waals surface area contributed by atoms with Crippen molar-refractivity contribution in [3.05, 3.63) is 86.6 Å². The summed E-state index contributed by atoms with van der Waals surface area (Å²) in [5, 5.41) is 17.0. The van der Waals surface area contributed by atoms with Crippen LogP contribution in [0.3, 0.4) is 0 Å². The van der Waals surface area contributed by atoms with Crippen molar-refractivity contribution in [2.45, 2.75) is 26.7 Å². The number of allylic oxidation sites excluding steroid dienone is 3. The molecule has 35 heavy (non-hydrogen) atoms. The molecule has 2 aromatic rings. The van der Waals surface area contributed by atoms with Crippen LogP contribution in [-0.4, -0.2) is 30.0 Å². The number of benzene rings is 2. The summed E-state index contributed by atoms with van der Waals surface area (Å²) in [7, 11) is 0. The van der Waals surface area contributed by atoms with Gasteiger partial charge >= 0.3 is 5.97 Å². The quantitative estimate of drug-likeness (QED) is 0.472. The molecule has 1 aliphatic rings. The lowest BCUT2D eigenvalue weighted by Gasteiger charge is -2.29. The third-order valence-electron chi connectivity index (χ3n) is 5.26. The molecule has 0 fully saturated rings. The molecule has 1 aliphatic heterocycles. The summed E-state index contributed by atoms with van der Waals surface area (Å²) in [6.45, 7) is 5.26. The van der Waals surface area contributed by atoms with Crippen LogP contribution in [0.25, 0.3) is 0 Å². The van der Waals surface area contributed by atoms with Gasteiger partial charge in [0, 0.05) is 22.0 Å². The van der Waals surface area contributed by atoms with Gasteiger partial charge in [-0.05, 0) is 62.7 Å². The predicted molar refractivity (Wildman–Crippen MR) is 137 cm³/mol. The summed E-state index contributed by atoms with van der Waals surface area (Å²) in [5.41, 5.74) is 3.18. The van der Waals surface area contributed by atoms with E-state index in [0.29, 0.717) is 38.1 Å². The van der Waals surface area contributed by atoms with E-state index in [1.807, 2.05) is 0 Å². The van der Waals surface area contributed by atoms with Crippen molar-refractivity contribution in [1.29, 1.82) is 5.26 Å². The van der Waals surface area contributed by atoms with Gasteiger partial charge in [0.05, 0.1) is 40.5 Å². The van der Waals surface area contributed by atoms with E-state index in [1.165, 1.54) is 18.7 Å². The molecule has 3 rings (SSSR count). The lowest BCUT2D eigenvalue weighted by molar-refractivity contribution is -0.114. The van der Waals surface area contributed by atoms with E-state index in [9.17, 15) is 19.6 Å². The molecule has 0 bridgehead atoms. The van der Waals surface area contributed by atoms with Crippen LogP contribution in [0, 0.1) is 11.3 Å². The SMILES string of the molecule is CCOC(=O)c1ccc(NC(=O)CSC2=C(C#N)[C@@H](c3ccc(Cl)cc3)C(C(C)=O)=C(C)N2)cc1. The molecular formula is C26H24ClN3O4S. The highest BCUT2D eigenvalue weighted by Gasteiger charge is 2.33. The van der Waals surface area contributed by atoms with Gasteiger partial charge in [0.25, 0.3) is 0 Å². The van der Waals surface area contributed by atoms with Gasteiger partial charge < -0.3 is 15.4 Å². The maximum atomic E-state index is 12.6. The fourth-order valence-corrected chi connectivity index (χ4v) is 4.74. The predicted octanol–water partition coefficient (Wildman–Crippen LogP) is 5.17. The number of carbonyl (C=O) groups excluding carboxylic acids is 3. The number of nitrogens with one attached hydrogen (secondary N) is 2. The van der Waals surface area contributed by atoms with Gasteiger partial charge in [-0.3, -0.25) is 9.59 Å². The smallest absolute Gasteiger partial charge is 0.338 e. The van der Waals surface area contributed by atoms with Crippen LogP contribution in [-0.2, 0) is 14.3 Å². The average molecular weight is 510 g/mol. The number of amides is 1. The number of carbonyl (C=O) groups is 3. The molecule has 0 aromatic heterocycles. The van der Waals surface area contributed by atoms with Crippen LogP contribution < -0.4 is 10.6 Å². The first-order valence-corrected chi connectivity index (χ1v) is 12.2. The number of dihydropyridines is 1. The highest BCUT2D eigenvalue weighted by atomic mass is 35.5. The van der Waals surface area contributed by atoms with Crippen LogP contribution in [0.2, 0.25) is 5.02 Å².